The Balaban J connectivity index is 2.23. The second kappa shape index (κ2) is 5.29. The monoisotopic (exact) mass is 362 g/mol. The second-order valence-corrected chi connectivity index (χ2v) is 8.24. The van der Waals surface area contributed by atoms with Crippen LogP contribution in [0.5, 0.6) is 0 Å². The molecule has 3 N–H and O–H groups in total. The first-order valence-electron chi connectivity index (χ1n) is 6.28. The van der Waals surface area contributed by atoms with Gasteiger partial charge in [-0.3, -0.25) is 0 Å². The summed E-state index contributed by atoms with van der Waals surface area (Å²) in [7, 11) is -1.99. The van der Waals surface area contributed by atoms with Gasteiger partial charge in [0.05, 0.1) is 11.8 Å². The molecule has 2 rings (SSSR count). The third-order valence-electron chi connectivity index (χ3n) is 4.02. The third kappa shape index (κ3) is 2.72. The number of nitrogens with two attached hydrogens (primary N) is 1. The van der Waals surface area contributed by atoms with Gasteiger partial charge in [0.25, 0.3) is 0 Å². The summed E-state index contributed by atoms with van der Waals surface area (Å²) < 4.78 is 33.6. The molecule has 0 aromatic heterocycles. The van der Waals surface area contributed by atoms with Crippen LogP contribution in [0, 0.1) is 5.41 Å². The van der Waals surface area contributed by atoms with Crippen LogP contribution in [0.3, 0.4) is 0 Å². The largest absolute Gasteiger partial charge is 0.398 e. The zero-order valence-corrected chi connectivity index (χ0v) is 14.1. The molecule has 0 saturated heterocycles. The molecule has 2 atom stereocenters. The summed E-state index contributed by atoms with van der Waals surface area (Å²) >= 11 is 3.26. The first-order chi connectivity index (χ1) is 9.18. The number of benzene rings is 1. The van der Waals surface area contributed by atoms with Crippen molar-refractivity contribution in [2.75, 3.05) is 12.8 Å². The molecule has 1 saturated carbocycles. The van der Waals surface area contributed by atoms with Gasteiger partial charge in [-0.2, -0.15) is 0 Å². The number of rotatable bonds is 4. The third-order valence-corrected chi connectivity index (χ3v) is 6.05. The Morgan fingerprint density at radius 2 is 2.10 bits per heavy atom. The SMILES string of the molecule is COC1CC(NS(=O)(=O)c2cc(Br)ccc2N)C1(C)C. The summed E-state index contributed by atoms with van der Waals surface area (Å²) in [6.07, 6.45) is 0.728. The Bertz CT molecular complexity index is 616. The van der Waals surface area contributed by atoms with Crippen molar-refractivity contribution in [2.45, 2.75) is 37.3 Å². The van der Waals surface area contributed by atoms with E-state index in [9.17, 15) is 8.42 Å². The van der Waals surface area contributed by atoms with E-state index in [1.54, 1.807) is 19.2 Å². The molecule has 1 aliphatic rings. The first kappa shape index (κ1) is 15.8. The van der Waals surface area contributed by atoms with Gasteiger partial charge < -0.3 is 10.5 Å². The van der Waals surface area contributed by atoms with E-state index in [1.165, 1.54) is 6.07 Å². The van der Waals surface area contributed by atoms with Gasteiger partial charge in [-0.05, 0) is 24.6 Å². The minimum absolute atomic E-state index is 0.0649. The molecule has 112 valence electrons. The summed E-state index contributed by atoms with van der Waals surface area (Å²) in [6.45, 7) is 3.98. The van der Waals surface area contributed by atoms with Crippen LogP contribution in [0.1, 0.15) is 20.3 Å². The van der Waals surface area contributed by atoms with Crippen molar-refractivity contribution in [1.82, 2.24) is 4.72 Å². The van der Waals surface area contributed by atoms with Crippen LogP contribution in [0.25, 0.3) is 0 Å². The number of ether oxygens (including phenoxy) is 1. The van der Waals surface area contributed by atoms with Crippen molar-refractivity contribution in [3.63, 3.8) is 0 Å². The average molecular weight is 363 g/mol. The molecule has 1 aliphatic carbocycles. The predicted octanol–water partition coefficient (Wildman–Crippen LogP) is 2.12. The molecule has 1 aromatic carbocycles. The summed E-state index contributed by atoms with van der Waals surface area (Å²) in [5.41, 5.74) is 5.77. The zero-order valence-electron chi connectivity index (χ0n) is 11.7. The number of halogens is 1. The van der Waals surface area contributed by atoms with Crippen LogP contribution in [-0.4, -0.2) is 27.7 Å². The molecule has 0 heterocycles. The highest BCUT2D eigenvalue weighted by atomic mass is 79.9. The maximum Gasteiger partial charge on any atom is 0.242 e. The lowest BCUT2D eigenvalue weighted by Gasteiger charge is -2.50. The highest BCUT2D eigenvalue weighted by molar-refractivity contribution is 9.10. The lowest BCUT2D eigenvalue weighted by molar-refractivity contribution is -0.0908. The Labute approximate surface area is 128 Å². The minimum atomic E-state index is -3.64. The Morgan fingerprint density at radius 3 is 2.65 bits per heavy atom. The summed E-state index contributed by atoms with van der Waals surface area (Å²) in [5, 5.41) is 0. The normalized spacial score (nSPS) is 25.2. The van der Waals surface area contributed by atoms with E-state index in [0.29, 0.717) is 10.9 Å². The molecule has 1 aromatic rings. The van der Waals surface area contributed by atoms with Crippen molar-refractivity contribution in [1.29, 1.82) is 0 Å². The zero-order chi connectivity index (χ0) is 15.1. The van der Waals surface area contributed by atoms with Gasteiger partial charge in [-0.25, -0.2) is 13.1 Å². The number of anilines is 1. The summed E-state index contributed by atoms with van der Waals surface area (Å²) in [5.74, 6) is 0. The molecule has 0 bridgehead atoms. The van der Waals surface area contributed by atoms with Crippen LogP contribution in [0.15, 0.2) is 27.6 Å². The van der Waals surface area contributed by atoms with Crippen molar-refractivity contribution >= 4 is 31.6 Å². The Kier molecular flexibility index (Phi) is 4.17. The summed E-state index contributed by atoms with van der Waals surface area (Å²) in [6, 6.07) is 4.64. The number of hydrogen-bond donors (Lipinski definition) is 2. The fourth-order valence-corrected chi connectivity index (χ4v) is 4.55. The van der Waals surface area contributed by atoms with Crippen LogP contribution < -0.4 is 10.5 Å². The van der Waals surface area contributed by atoms with Crippen molar-refractivity contribution in [3.05, 3.63) is 22.7 Å². The molecule has 1 fully saturated rings. The van der Waals surface area contributed by atoms with Gasteiger partial charge in [0.1, 0.15) is 4.90 Å². The fraction of sp³-hybridized carbons (Fsp3) is 0.538. The van der Waals surface area contributed by atoms with E-state index in [1.807, 2.05) is 13.8 Å². The summed E-state index contributed by atoms with van der Waals surface area (Å²) in [4.78, 5) is 0.101. The van der Waals surface area contributed by atoms with Crippen molar-refractivity contribution in [2.24, 2.45) is 5.41 Å². The van der Waals surface area contributed by atoms with Crippen molar-refractivity contribution in [3.8, 4) is 0 Å². The van der Waals surface area contributed by atoms with Gasteiger partial charge in [0.15, 0.2) is 0 Å². The Morgan fingerprint density at radius 1 is 1.45 bits per heavy atom. The van der Waals surface area contributed by atoms with Gasteiger partial charge in [0.2, 0.25) is 10.0 Å². The lowest BCUT2D eigenvalue weighted by Crippen LogP contribution is -2.61. The highest BCUT2D eigenvalue weighted by Gasteiger charge is 2.50. The number of nitrogen functional groups attached to an aromatic ring is 1. The van der Waals surface area contributed by atoms with Gasteiger partial charge in [-0.1, -0.05) is 29.8 Å². The predicted molar refractivity (Wildman–Crippen MR) is 81.9 cm³/mol. The standard InChI is InChI=1S/C13H19BrN2O3S/c1-13(2)11(7-12(13)19-3)16-20(17,18)10-6-8(14)4-5-9(10)15/h4-6,11-12,16H,7,15H2,1-3H3. The molecule has 0 aliphatic heterocycles. The molecule has 20 heavy (non-hydrogen) atoms. The van der Waals surface area contributed by atoms with Crippen LogP contribution in [0.2, 0.25) is 0 Å². The van der Waals surface area contributed by atoms with Gasteiger partial charge in [-0.15, -0.1) is 0 Å². The lowest BCUT2D eigenvalue weighted by atomic mass is 9.65. The second-order valence-electron chi connectivity index (χ2n) is 5.64. The van der Waals surface area contributed by atoms with Crippen molar-refractivity contribution < 1.29 is 13.2 Å². The molecule has 5 nitrogen and oxygen atoms in total. The molecule has 0 spiro atoms. The van der Waals surface area contributed by atoms with Crippen LogP contribution in [-0.2, 0) is 14.8 Å². The van der Waals surface area contributed by atoms with E-state index < -0.39 is 10.0 Å². The number of methoxy groups -OCH3 is 1. The molecule has 0 amide bonds. The molecule has 7 heteroatoms. The number of sulfonamides is 1. The maximum absolute atomic E-state index is 12.4. The molecule has 0 radical (unpaired) electrons. The van der Waals surface area contributed by atoms with Crippen LogP contribution in [0.4, 0.5) is 5.69 Å². The topological polar surface area (TPSA) is 81.4 Å². The number of hydrogen-bond acceptors (Lipinski definition) is 4. The van der Waals surface area contributed by atoms with E-state index in [4.69, 9.17) is 10.5 Å². The Hall–Kier alpha value is -0.630. The van der Waals surface area contributed by atoms with Gasteiger partial charge in [0, 0.05) is 23.0 Å². The van der Waals surface area contributed by atoms with E-state index >= 15 is 0 Å². The fourth-order valence-electron chi connectivity index (χ4n) is 2.48. The average Bonchev–Trinajstić information content (AvgIpc) is 2.36. The van der Waals surface area contributed by atoms with E-state index in [-0.39, 0.29) is 28.1 Å². The molecular weight excluding hydrogens is 344 g/mol. The minimum Gasteiger partial charge on any atom is -0.398 e. The smallest absolute Gasteiger partial charge is 0.242 e. The number of nitrogens with one attached hydrogen (secondary N) is 1. The first-order valence-corrected chi connectivity index (χ1v) is 8.56. The quantitative estimate of drug-likeness (QED) is 0.803. The van der Waals surface area contributed by atoms with Crippen LogP contribution >= 0.6 is 15.9 Å². The van der Waals surface area contributed by atoms with E-state index in [0.717, 1.165) is 0 Å². The maximum atomic E-state index is 12.4. The van der Waals surface area contributed by atoms with Gasteiger partial charge >= 0.3 is 0 Å². The highest BCUT2D eigenvalue weighted by Crippen LogP contribution is 2.43. The molecular formula is C13H19BrN2O3S. The molecule has 2 unspecified atom stereocenters. The van der Waals surface area contributed by atoms with E-state index in [2.05, 4.69) is 20.7 Å².